The first kappa shape index (κ1) is 20.2. The molecule has 1 aromatic carbocycles. The number of rotatable bonds is 9. The zero-order valence-electron chi connectivity index (χ0n) is 14.1. The minimum Gasteiger partial charge on any atom is -0.406 e. The summed E-state index contributed by atoms with van der Waals surface area (Å²) < 4.78 is 45.1. The quantitative estimate of drug-likeness (QED) is 0.643. The zero-order chi connectivity index (χ0) is 18.2. The summed E-state index contributed by atoms with van der Waals surface area (Å²) in [6, 6.07) is 5.48. The second kappa shape index (κ2) is 9.48. The fourth-order valence-corrected chi connectivity index (χ4v) is 2.07. The number of likely N-dealkylation sites (N-methyl/N-ethyl adjacent to an activating group) is 2. The average molecular weight is 348 g/mol. The van der Waals surface area contributed by atoms with Crippen molar-refractivity contribution in [3.05, 3.63) is 29.8 Å². The molecular formula is C16H23F3N2O3. The summed E-state index contributed by atoms with van der Waals surface area (Å²) >= 11 is 0. The Hall–Kier alpha value is -1.80. The van der Waals surface area contributed by atoms with E-state index in [4.69, 9.17) is 4.74 Å². The fourth-order valence-electron chi connectivity index (χ4n) is 2.07. The fraction of sp³-hybridized carbons (Fsp3) is 0.562. The summed E-state index contributed by atoms with van der Waals surface area (Å²) in [7, 11) is 5.14. The highest BCUT2D eigenvalue weighted by Gasteiger charge is 2.30. The minimum absolute atomic E-state index is 0.0643. The summed E-state index contributed by atoms with van der Waals surface area (Å²) in [5.74, 6) is -0.344. The third-order valence-corrected chi connectivity index (χ3v) is 3.30. The molecule has 0 aliphatic rings. The molecule has 0 saturated heterocycles. The Morgan fingerprint density at radius 3 is 2.33 bits per heavy atom. The van der Waals surface area contributed by atoms with Crippen LogP contribution < -0.4 is 4.74 Å². The summed E-state index contributed by atoms with van der Waals surface area (Å²) in [6.07, 6.45) is -3.87. The highest BCUT2D eigenvalue weighted by molar-refractivity contribution is 5.77. The van der Waals surface area contributed by atoms with E-state index in [2.05, 4.69) is 4.74 Å². The second-order valence-corrected chi connectivity index (χ2v) is 5.53. The Morgan fingerprint density at radius 1 is 1.17 bits per heavy atom. The molecule has 0 heterocycles. The Labute approximate surface area is 139 Å². The van der Waals surface area contributed by atoms with E-state index in [1.807, 2.05) is 11.9 Å². The van der Waals surface area contributed by atoms with E-state index < -0.39 is 6.36 Å². The van der Waals surface area contributed by atoms with E-state index in [1.165, 1.54) is 29.2 Å². The monoisotopic (exact) mass is 348 g/mol. The molecule has 24 heavy (non-hydrogen) atoms. The number of ether oxygens (including phenoxy) is 2. The molecule has 8 heteroatoms. The number of halogens is 3. The van der Waals surface area contributed by atoms with Crippen LogP contribution in [0.15, 0.2) is 24.3 Å². The van der Waals surface area contributed by atoms with Crippen LogP contribution in [0.1, 0.15) is 12.0 Å². The van der Waals surface area contributed by atoms with Gasteiger partial charge in [-0.3, -0.25) is 9.69 Å². The van der Waals surface area contributed by atoms with Crippen molar-refractivity contribution in [1.29, 1.82) is 0 Å². The standard InChI is InChI=1S/C16H23F3N2O3/c1-20(9-4-10-23-3)12-15(22)21(2)11-13-5-7-14(8-6-13)24-16(17,18)19/h5-8H,4,9-12H2,1-3H3. The predicted octanol–water partition coefficient (Wildman–Crippen LogP) is 2.51. The van der Waals surface area contributed by atoms with Gasteiger partial charge in [-0.05, 0) is 31.2 Å². The molecule has 1 rings (SSSR count). The van der Waals surface area contributed by atoms with Crippen LogP contribution in [-0.2, 0) is 16.1 Å². The van der Waals surface area contributed by atoms with Gasteiger partial charge < -0.3 is 14.4 Å². The molecule has 1 aromatic rings. The van der Waals surface area contributed by atoms with Crippen molar-refractivity contribution >= 4 is 5.91 Å². The van der Waals surface area contributed by atoms with Crippen LogP contribution in [-0.4, -0.2) is 63.0 Å². The smallest absolute Gasteiger partial charge is 0.406 e. The molecule has 5 nitrogen and oxygen atoms in total. The molecular weight excluding hydrogens is 325 g/mol. The zero-order valence-corrected chi connectivity index (χ0v) is 14.1. The molecule has 0 fully saturated rings. The minimum atomic E-state index is -4.71. The van der Waals surface area contributed by atoms with Crippen LogP contribution in [0, 0.1) is 0 Å². The number of alkyl halides is 3. The lowest BCUT2D eigenvalue weighted by Crippen LogP contribution is -2.36. The first-order chi connectivity index (χ1) is 11.2. The van der Waals surface area contributed by atoms with E-state index in [-0.39, 0.29) is 18.2 Å². The number of carbonyl (C=O) groups excluding carboxylic acids is 1. The number of methoxy groups -OCH3 is 1. The van der Waals surface area contributed by atoms with Crippen molar-refractivity contribution < 1.29 is 27.4 Å². The van der Waals surface area contributed by atoms with Crippen LogP contribution in [0.2, 0.25) is 0 Å². The SMILES string of the molecule is COCCCN(C)CC(=O)N(C)Cc1ccc(OC(F)(F)F)cc1. The van der Waals surface area contributed by atoms with Crippen molar-refractivity contribution in [3.63, 3.8) is 0 Å². The van der Waals surface area contributed by atoms with E-state index in [0.717, 1.165) is 18.5 Å². The third-order valence-electron chi connectivity index (χ3n) is 3.30. The van der Waals surface area contributed by atoms with E-state index in [9.17, 15) is 18.0 Å². The van der Waals surface area contributed by atoms with Crippen LogP contribution in [0.3, 0.4) is 0 Å². The average Bonchev–Trinajstić information content (AvgIpc) is 2.48. The van der Waals surface area contributed by atoms with Gasteiger partial charge in [0.05, 0.1) is 6.54 Å². The highest BCUT2D eigenvalue weighted by atomic mass is 19.4. The maximum Gasteiger partial charge on any atom is 0.573 e. The van der Waals surface area contributed by atoms with Crippen molar-refractivity contribution in [2.75, 3.05) is 40.9 Å². The van der Waals surface area contributed by atoms with E-state index in [1.54, 1.807) is 14.2 Å². The van der Waals surface area contributed by atoms with Gasteiger partial charge in [0.1, 0.15) is 5.75 Å². The van der Waals surface area contributed by atoms with Gasteiger partial charge >= 0.3 is 6.36 Å². The molecule has 136 valence electrons. The summed E-state index contributed by atoms with van der Waals surface area (Å²) in [5, 5.41) is 0. The normalized spacial score (nSPS) is 11.6. The maximum atomic E-state index is 12.1. The van der Waals surface area contributed by atoms with Gasteiger partial charge in [-0.15, -0.1) is 13.2 Å². The topological polar surface area (TPSA) is 42.0 Å². The second-order valence-electron chi connectivity index (χ2n) is 5.53. The number of hydrogen-bond donors (Lipinski definition) is 0. The Balaban J connectivity index is 2.46. The van der Waals surface area contributed by atoms with Crippen molar-refractivity contribution in [1.82, 2.24) is 9.80 Å². The Morgan fingerprint density at radius 2 is 1.79 bits per heavy atom. The van der Waals surface area contributed by atoms with Crippen molar-refractivity contribution in [2.45, 2.75) is 19.3 Å². The van der Waals surface area contributed by atoms with Crippen LogP contribution in [0.25, 0.3) is 0 Å². The molecule has 0 aliphatic carbocycles. The molecule has 0 aromatic heterocycles. The maximum absolute atomic E-state index is 12.1. The van der Waals surface area contributed by atoms with Gasteiger partial charge in [0.2, 0.25) is 5.91 Å². The molecule has 0 unspecified atom stereocenters. The van der Waals surface area contributed by atoms with Crippen LogP contribution in [0.4, 0.5) is 13.2 Å². The Kier molecular flexibility index (Phi) is 8.00. The third kappa shape index (κ3) is 8.16. The summed E-state index contributed by atoms with van der Waals surface area (Å²) in [4.78, 5) is 15.6. The highest BCUT2D eigenvalue weighted by Crippen LogP contribution is 2.22. The first-order valence-electron chi connectivity index (χ1n) is 7.47. The van der Waals surface area contributed by atoms with E-state index in [0.29, 0.717) is 13.2 Å². The van der Waals surface area contributed by atoms with E-state index >= 15 is 0 Å². The van der Waals surface area contributed by atoms with Gasteiger partial charge in [0, 0.05) is 33.9 Å². The summed E-state index contributed by atoms with van der Waals surface area (Å²) in [6.45, 7) is 1.98. The van der Waals surface area contributed by atoms with Crippen LogP contribution in [0.5, 0.6) is 5.75 Å². The molecule has 1 amide bonds. The van der Waals surface area contributed by atoms with Crippen molar-refractivity contribution in [3.8, 4) is 5.75 Å². The number of hydrogen-bond acceptors (Lipinski definition) is 4. The van der Waals surface area contributed by atoms with Gasteiger partial charge in [-0.25, -0.2) is 0 Å². The molecule has 0 atom stereocenters. The molecule has 0 spiro atoms. The van der Waals surface area contributed by atoms with Gasteiger partial charge in [0.25, 0.3) is 0 Å². The molecule has 0 bridgehead atoms. The predicted molar refractivity (Wildman–Crippen MR) is 83.6 cm³/mol. The molecule has 0 aliphatic heterocycles. The molecule has 0 radical (unpaired) electrons. The van der Waals surface area contributed by atoms with Crippen LogP contribution >= 0.6 is 0 Å². The van der Waals surface area contributed by atoms with Crippen molar-refractivity contribution in [2.24, 2.45) is 0 Å². The van der Waals surface area contributed by atoms with Gasteiger partial charge in [-0.1, -0.05) is 12.1 Å². The largest absolute Gasteiger partial charge is 0.573 e. The van der Waals surface area contributed by atoms with Gasteiger partial charge in [0.15, 0.2) is 0 Å². The first-order valence-corrected chi connectivity index (χ1v) is 7.47. The van der Waals surface area contributed by atoms with Gasteiger partial charge in [-0.2, -0.15) is 0 Å². The Bertz CT molecular complexity index is 506. The molecule has 0 N–H and O–H groups in total. The number of nitrogens with zero attached hydrogens (tertiary/aromatic N) is 2. The summed E-state index contributed by atoms with van der Waals surface area (Å²) in [5.41, 5.74) is 0.724. The molecule has 0 saturated carbocycles. The number of carbonyl (C=O) groups is 1. The lowest BCUT2D eigenvalue weighted by atomic mass is 10.2. The number of amides is 1. The lowest BCUT2D eigenvalue weighted by molar-refractivity contribution is -0.274. The number of benzene rings is 1. The lowest BCUT2D eigenvalue weighted by Gasteiger charge is -2.22.